The van der Waals surface area contributed by atoms with E-state index in [-0.39, 0.29) is 0 Å². The molecule has 14 heavy (non-hydrogen) atoms. The molecule has 0 unspecified atom stereocenters. The molecule has 76 valence electrons. The van der Waals surface area contributed by atoms with Crippen LogP contribution < -0.4 is 5.32 Å². The maximum absolute atomic E-state index is 10.5. The first-order valence-corrected chi connectivity index (χ1v) is 4.48. The molecule has 0 saturated carbocycles. The fourth-order valence-electron chi connectivity index (χ4n) is 1.04. The van der Waals surface area contributed by atoms with Gasteiger partial charge in [-0.05, 0) is 25.5 Å². The van der Waals surface area contributed by atoms with E-state index in [1.54, 1.807) is 13.1 Å². The third kappa shape index (κ3) is 2.81. The average molecular weight is 194 g/mol. The predicted octanol–water partition coefficient (Wildman–Crippen LogP) is 0.953. The molecule has 2 N–H and O–H groups in total. The third-order valence-electron chi connectivity index (χ3n) is 2.06. The van der Waals surface area contributed by atoms with Gasteiger partial charge in [0.25, 0.3) is 0 Å². The number of carboxylic acids is 1. The second kappa shape index (κ2) is 4.72. The van der Waals surface area contributed by atoms with Crippen LogP contribution >= 0.6 is 0 Å². The molecule has 0 radical (unpaired) electrons. The van der Waals surface area contributed by atoms with E-state index >= 15 is 0 Å². The van der Waals surface area contributed by atoms with Crippen LogP contribution in [0.15, 0.2) is 18.3 Å². The molecule has 4 heteroatoms. The third-order valence-corrected chi connectivity index (χ3v) is 2.06. The summed E-state index contributed by atoms with van der Waals surface area (Å²) in [6.07, 6.45) is 1.70. The number of aryl methyl sites for hydroxylation is 1. The van der Waals surface area contributed by atoms with Crippen LogP contribution in [-0.4, -0.2) is 22.1 Å². The van der Waals surface area contributed by atoms with Crippen LogP contribution in [0.25, 0.3) is 0 Å². The van der Waals surface area contributed by atoms with Crippen molar-refractivity contribution in [3.05, 3.63) is 29.6 Å². The van der Waals surface area contributed by atoms with E-state index in [0.717, 1.165) is 11.3 Å². The van der Waals surface area contributed by atoms with Gasteiger partial charge in [0.2, 0.25) is 0 Å². The Hall–Kier alpha value is -1.42. The summed E-state index contributed by atoms with van der Waals surface area (Å²) in [5.41, 5.74) is 1.96. The summed E-state index contributed by atoms with van der Waals surface area (Å²) in [7, 11) is 0. The molecular formula is C10H14N2O2. The van der Waals surface area contributed by atoms with Gasteiger partial charge in [-0.1, -0.05) is 6.07 Å². The Morgan fingerprint density at radius 2 is 2.43 bits per heavy atom. The normalized spacial score (nSPS) is 12.4. The van der Waals surface area contributed by atoms with Crippen molar-refractivity contribution < 1.29 is 9.90 Å². The Balaban J connectivity index is 2.54. The van der Waals surface area contributed by atoms with E-state index in [2.05, 4.69) is 10.3 Å². The number of aliphatic carboxylic acids is 1. The number of rotatable bonds is 4. The van der Waals surface area contributed by atoms with Gasteiger partial charge in [0.15, 0.2) is 0 Å². The van der Waals surface area contributed by atoms with Crippen LogP contribution in [0.3, 0.4) is 0 Å². The zero-order chi connectivity index (χ0) is 10.6. The summed E-state index contributed by atoms with van der Waals surface area (Å²) in [5.74, 6) is -0.849. The minimum absolute atomic E-state index is 0.486. The highest BCUT2D eigenvalue weighted by molar-refractivity contribution is 5.72. The van der Waals surface area contributed by atoms with E-state index in [9.17, 15) is 4.79 Å². The topological polar surface area (TPSA) is 62.2 Å². The van der Waals surface area contributed by atoms with Gasteiger partial charge >= 0.3 is 5.97 Å². The number of nitrogens with one attached hydrogen (secondary N) is 1. The lowest BCUT2D eigenvalue weighted by Crippen LogP contribution is -2.33. The van der Waals surface area contributed by atoms with Crippen LogP contribution in [0.1, 0.15) is 18.2 Å². The highest BCUT2D eigenvalue weighted by Crippen LogP contribution is 2.02. The van der Waals surface area contributed by atoms with Gasteiger partial charge in [0.1, 0.15) is 6.04 Å². The van der Waals surface area contributed by atoms with E-state index in [1.807, 2.05) is 19.1 Å². The molecule has 0 saturated heterocycles. The van der Waals surface area contributed by atoms with Gasteiger partial charge in [-0.3, -0.25) is 15.1 Å². The second-order valence-electron chi connectivity index (χ2n) is 3.21. The first-order valence-electron chi connectivity index (χ1n) is 4.48. The van der Waals surface area contributed by atoms with Crippen LogP contribution in [-0.2, 0) is 11.3 Å². The molecule has 0 aliphatic rings. The molecule has 1 aromatic heterocycles. The summed E-state index contributed by atoms with van der Waals surface area (Å²) < 4.78 is 0. The average Bonchev–Trinajstić information content (AvgIpc) is 2.16. The number of hydrogen-bond donors (Lipinski definition) is 2. The number of carboxylic acid groups (broad SMARTS) is 1. The van der Waals surface area contributed by atoms with E-state index in [1.165, 1.54) is 0 Å². The molecule has 1 heterocycles. The number of nitrogens with zero attached hydrogens (tertiary/aromatic N) is 1. The molecule has 4 nitrogen and oxygen atoms in total. The smallest absolute Gasteiger partial charge is 0.320 e. The van der Waals surface area contributed by atoms with Gasteiger partial charge < -0.3 is 5.11 Å². The standard InChI is InChI=1S/C10H14N2O2/c1-7-4-3-5-11-9(7)6-12-8(2)10(13)14/h3-5,8,12H,6H2,1-2H3,(H,13,14)/t8-/m1/s1. The van der Waals surface area contributed by atoms with Crippen molar-refractivity contribution in [3.8, 4) is 0 Å². The Kier molecular flexibility index (Phi) is 3.59. The summed E-state index contributed by atoms with van der Waals surface area (Å²) in [4.78, 5) is 14.7. The molecule has 0 aliphatic heterocycles. The molecular weight excluding hydrogens is 180 g/mol. The maximum atomic E-state index is 10.5. The lowest BCUT2D eigenvalue weighted by atomic mass is 10.2. The number of carbonyl (C=O) groups is 1. The Morgan fingerprint density at radius 3 is 3.00 bits per heavy atom. The van der Waals surface area contributed by atoms with Gasteiger partial charge in [0.05, 0.1) is 5.69 Å². The van der Waals surface area contributed by atoms with Crippen molar-refractivity contribution in [2.75, 3.05) is 0 Å². The molecule has 0 aromatic carbocycles. The molecule has 0 fully saturated rings. The Bertz CT molecular complexity index is 326. The number of pyridine rings is 1. The zero-order valence-electron chi connectivity index (χ0n) is 8.32. The van der Waals surface area contributed by atoms with Crippen molar-refractivity contribution in [2.45, 2.75) is 26.4 Å². The van der Waals surface area contributed by atoms with Crippen LogP contribution in [0.4, 0.5) is 0 Å². The van der Waals surface area contributed by atoms with Crippen LogP contribution in [0.5, 0.6) is 0 Å². The summed E-state index contributed by atoms with van der Waals surface area (Å²) in [6, 6.07) is 3.27. The van der Waals surface area contributed by atoms with Crippen LogP contribution in [0.2, 0.25) is 0 Å². The SMILES string of the molecule is Cc1cccnc1CN[C@H](C)C(=O)O. The number of aromatic nitrogens is 1. The molecule has 0 aliphatic carbocycles. The van der Waals surface area contributed by atoms with Gasteiger partial charge in [-0.25, -0.2) is 0 Å². The maximum Gasteiger partial charge on any atom is 0.320 e. The summed E-state index contributed by atoms with van der Waals surface area (Å²) >= 11 is 0. The fraction of sp³-hybridized carbons (Fsp3) is 0.400. The molecule has 1 rings (SSSR count). The molecule has 1 aromatic rings. The van der Waals surface area contributed by atoms with Crippen molar-refractivity contribution in [3.63, 3.8) is 0 Å². The lowest BCUT2D eigenvalue weighted by molar-refractivity contribution is -0.139. The minimum Gasteiger partial charge on any atom is -0.480 e. The Morgan fingerprint density at radius 1 is 1.71 bits per heavy atom. The quantitative estimate of drug-likeness (QED) is 0.749. The summed E-state index contributed by atoms with van der Waals surface area (Å²) in [6.45, 7) is 4.05. The lowest BCUT2D eigenvalue weighted by Gasteiger charge is -2.09. The van der Waals surface area contributed by atoms with Gasteiger partial charge in [0, 0.05) is 12.7 Å². The van der Waals surface area contributed by atoms with Gasteiger partial charge in [-0.15, -0.1) is 0 Å². The van der Waals surface area contributed by atoms with E-state index in [0.29, 0.717) is 6.54 Å². The molecule has 0 amide bonds. The number of hydrogen-bond acceptors (Lipinski definition) is 3. The molecule has 0 bridgehead atoms. The van der Waals surface area contributed by atoms with Gasteiger partial charge in [-0.2, -0.15) is 0 Å². The zero-order valence-corrected chi connectivity index (χ0v) is 8.32. The second-order valence-corrected chi connectivity index (χ2v) is 3.21. The monoisotopic (exact) mass is 194 g/mol. The van der Waals surface area contributed by atoms with Crippen molar-refractivity contribution in [2.24, 2.45) is 0 Å². The van der Waals surface area contributed by atoms with Crippen LogP contribution in [0, 0.1) is 6.92 Å². The van der Waals surface area contributed by atoms with Crippen molar-refractivity contribution >= 4 is 5.97 Å². The Labute approximate surface area is 83.0 Å². The molecule has 1 atom stereocenters. The van der Waals surface area contributed by atoms with E-state index < -0.39 is 12.0 Å². The fourth-order valence-corrected chi connectivity index (χ4v) is 1.04. The predicted molar refractivity (Wildman–Crippen MR) is 52.9 cm³/mol. The van der Waals surface area contributed by atoms with Crippen molar-refractivity contribution in [1.29, 1.82) is 0 Å². The van der Waals surface area contributed by atoms with Crippen molar-refractivity contribution in [1.82, 2.24) is 10.3 Å². The minimum atomic E-state index is -0.849. The summed E-state index contributed by atoms with van der Waals surface area (Å²) in [5, 5.41) is 11.5. The van der Waals surface area contributed by atoms with E-state index in [4.69, 9.17) is 5.11 Å². The molecule has 0 spiro atoms. The largest absolute Gasteiger partial charge is 0.480 e. The first-order chi connectivity index (χ1) is 6.61. The highest BCUT2D eigenvalue weighted by Gasteiger charge is 2.09. The first kappa shape index (κ1) is 10.7. The highest BCUT2D eigenvalue weighted by atomic mass is 16.4.